The van der Waals surface area contributed by atoms with Crippen LogP contribution < -0.4 is 15.2 Å². The van der Waals surface area contributed by atoms with E-state index >= 15 is 0 Å². The van der Waals surface area contributed by atoms with Crippen molar-refractivity contribution in [2.75, 3.05) is 17.1 Å². The average molecular weight is 555 g/mol. The number of sulfonamides is 1. The third-order valence-corrected chi connectivity index (χ3v) is 8.37. The number of anilines is 2. The summed E-state index contributed by atoms with van der Waals surface area (Å²) in [5.74, 6) is 0.0330. The van der Waals surface area contributed by atoms with Crippen molar-refractivity contribution in [2.24, 2.45) is 5.41 Å². The predicted molar refractivity (Wildman–Crippen MR) is 151 cm³/mol. The lowest BCUT2D eigenvalue weighted by atomic mass is 9.93. The van der Waals surface area contributed by atoms with Crippen LogP contribution in [0, 0.1) is 25.1 Å². The Morgan fingerprint density at radius 2 is 1.79 bits per heavy atom. The maximum absolute atomic E-state index is 14.8. The number of halogens is 1. The molecule has 0 spiro atoms. The lowest BCUT2D eigenvalue weighted by Gasteiger charge is -2.18. The Bertz CT molecular complexity index is 1560. The van der Waals surface area contributed by atoms with Crippen molar-refractivity contribution >= 4 is 32.3 Å². The summed E-state index contributed by atoms with van der Waals surface area (Å²) in [6, 6.07) is 13.0. The van der Waals surface area contributed by atoms with Crippen LogP contribution in [0.25, 0.3) is 21.7 Å². The molecular weight excluding hydrogens is 523 g/mol. The number of ether oxygens (including phenoxy) is 1. The van der Waals surface area contributed by atoms with E-state index < -0.39 is 15.8 Å². The van der Waals surface area contributed by atoms with Gasteiger partial charge in [0.1, 0.15) is 17.4 Å². The van der Waals surface area contributed by atoms with Gasteiger partial charge >= 0.3 is 0 Å². The highest BCUT2D eigenvalue weighted by Gasteiger charge is 2.23. The SMILES string of the molecule is Cc1cccc(C)c1-c1nc(NS(=O)(=O)c2ccnc(N)c2)sc1-c1cc(F)cc(OCCC(C)(C)C)c1. The van der Waals surface area contributed by atoms with Crippen molar-refractivity contribution < 1.29 is 17.5 Å². The van der Waals surface area contributed by atoms with Crippen LogP contribution in [0.5, 0.6) is 5.75 Å². The van der Waals surface area contributed by atoms with Crippen LogP contribution in [-0.4, -0.2) is 25.0 Å². The standard InChI is InChI=1S/C28H31FN4O3S2/c1-17-7-6-8-18(2)24(17)25-26(19-13-20(29)15-21(14-19)36-12-10-28(3,4)5)37-27(32-25)33-38(34,35)22-9-11-31-23(30)16-22/h6-9,11,13-16H,10,12H2,1-5H3,(H2,30,31)(H,32,33). The van der Waals surface area contributed by atoms with Crippen LogP contribution in [0.1, 0.15) is 38.3 Å². The fraction of sp³-hybridized carbons (Fsp3) is 0.286. The molecule has 200 valence electrons. The average Bonchev–Trinajstić information content (AvgIpc) is 3.20. The van der Waals surface area contributed by atoms with E-state index in [0.29, 0.717) is 28.5 Å². The Morgan fingerprint density at radius 3 is 2.45 bits per heavy atom. The molecule has 3 N–H and O–H groups in total. The monoisotopic (exact) mass is 554 g/mol. The Balaban J connectivity index is 1.80. The van der Waals surface area contributed by atoms with Gasteiger partial charge in [-0.3, -0.25) is 4.72 Å². The van der Waals surface area contributed by atoms with Gasteiger partial charge in [-0.2, -0.15) is 0 Å². The number of nitrogens with zero attached hydrogens (tertiary/aromatic N) is 2. The van der Waals surface area contributed by atoms with Gasteiger partial charge in [-0.15, -0.1) is 0 Å². The number of nitrogen functional groups attached to an aromatic ring is 1. The molecule has 0 unspecified atom stereocenters. The smallest absolute Gasteiger partial charge is 0.263 e. The third kappa shape index (κ3) is 6.49. The third-order valence-electron chi connectivity index (χ3n) is 5.88. The van der Waals surface area contributed by atoms with E-state index in [1.807, 2.05) is 32.0 Å². The molecule has 0 amide bonds. The summed E-state index contributed by atoms with van der Waals surface area (Å²) in [5, 5.41) is 0.146. The van der Waals surface area contributed by atoms with Gasteiger partial charge in [-0.25, -0.2) is 22.8 Å². The van der Waals surface area contributed by atoms with Crippen LogP contribution in [-0.2, 0) is 10.0 Å². The van der Waals surface area contributed by atoms with Gasteiger partial charge in [-0.1, -0.05) is 50.3 Å². The molecule has 0 bridgehead atoms. The normalized spacial score (nSPS) is 11.9. The summed E-state index contributed by atoms with van der Waals surface area (Å²) < 4.78 is 49.4. The number of nitrogens with two attached hydrogens (primary N) is 1. The van der Waals surface area contributed by atoms with Crippen molar-refractivity contribution in [1.82, 2.24) is 9.97 Å². The molecule has 38 heavy (non-hydrogen) atoms. The first-order chi connectivity index (χ1) is 17.8. The molecule has 0 aliphatic carbocycles. The van der Waals surface area contributed by atoms with Gasteiger partial charge in [0.25, 0.3) is 10.0 Å². The van der Waals surface area contributed by atoms with Crippen LogP contribution in [0.4, 0.5) is 15.3 Å². The molecule has 0 saturated carbocycles. The Hall–Kier alpha value is -3.50. The maximum Gasteiger partial charge on any atom is 0.263 e. The van der Waals surface area contributed by atoms with Gasteiger partial charge in [0.2, 0.25) is 0 Å². The molecule has 2 aromatic carbocycles. The van der Waals surface area contributed by atoms with Gasteiger partial charge in [0.05, 0.1) is 22.1 Å². The first kappa shape index (κ1) is 27.5. The topological polar surface area (TPSA) is 107 Å². The largest absolute Gasteiger partial charge is 0.493 e. The van der Waals surface area contributed by atoms with E-state index in [9.17, 15) is 12.8 Å². The number of thiazole rings is 1. The second-order valence-corrected chi connectivity index (χ2v) is 13.0. The molecule has 4 aromatic rings. The molecule has 0 aliphatic heterocycles. The zero-order valence-electron chi connectivity index (χ0n) is 22.0. The number of aryl methyl sites for hydroxylation is 2. The minimum atomic E-state index is -3.99. The molecule has 0 aliphatic rings. The number of hydrogen-bond acceptors (Lipinski definition) is 7. The molecule has 0 radical (unpaired) electrons. The Labute approximate surface area is 227 Å². The fourth-order valence-electron chi connectivity index (χ4n) is 3.94. The Morgan fingerprint density at radius 1 is 1.08 bits per heavy atom. The summed E-state index contributed by atoms with van der Waals surface area (Å²) in [6.07, 6.45) is 2.13. The number of aromatic nitrogens is 2. The van der Waals surface area contributed by atoms with Crippen molar-refractivity contribution in [3.8, 4) is 27.4 Å². The van der Waals surface area contributed by atoms with Gasteiger partial charge in [-0.05, 0) is 55.0 Å². The summed E-state index contributed by atoms with van der Waals surface area (Å²) in [4.78, 5) is 9.13. The highest BCUT2D eigenvalue weighted by atomic mass is 32.2. The highest BCUT2D eigenvalue weighted by molar-refractivity contribution is 7.93. The summed E-state index contributed by atoms with van der Waals surface area (Å²) >= 11 is 1.13. The lowest BCUT2D eigenvalue weighted by molar-refractivity contribution is 0.242. The molecule has 2 heterocycles. The fourth-order valence-corrected chi connectivity index (χ4v) is 6.15. The first-order valence-electron chi connectivity index (χ1n) is 12.1. The second-order valence-electron chi connectivity index (χ2n) is 10.3. The predicted octanol–water partition coefficient (Wildman–Crippen LogP) is 6.83. The zero-order valence-corrected chi connectivity index (χ0v) is 23.6. The zero-order chi connectivity index (χ0) is 27.7. The molecule has 2 aromatic heterocycles. The van der Waals surface area contributed by atoms with E-state index in [4.69, 9.17) is 10.5 Å². The second kappa shape index (κ2) is 10.7. The minimum absolute atomic E-state index is 0.0318. The van der Waals surface area contributed by atoms with Gasteiger partial charge < -0.3 is 10.5 Å². The number of nitrogens with one attached hydrogen (secondary N) is 1. The first-order valence-corrected chi connectivity index (χ1v) is 14.4. The van der Waals surface area contributed by atoms with Crippen LogP contribution in [0.2, 0.25) is 0 Å². The highest BCUT2D eigenvalue weighted by Crippen LogP contribution is 2.43. The van der Waals surface area contributed by atoms with Crippen LogP contribution >= 0.6 is 11.3 Å². The van der Waals surface area contributed by atoms with Gasteiger partial charge in [0.15, 0.2) is 5.13 Å². The maximum atomic E-state index is 14.8. The van der Waals surface area contributed by atoms with Crippen LogP contribution in [0.3, 0.4) is 0 Å². The van der Waals surface area contributed by atoms with E-state index in [2.05, 4.69) is 35.5 Å². The van der Waals surface area contributed by atoms with E-state index in [0.717, 1.165) is 34.4 Å². The van der Waals surface area contributed by atoms with Crippen molar-refractivity contribution in [1.29, 1.82) is 0 Å². The molecular formula is C28H31FN4O3S2. The molecule has 4 rings (SSSR count). The number of pyridine rings is 1. The van der Waals surface area contributed by atoms with E-state index in [-0.39, 0.29) is 21.3 Å². The quantitative estimate of drug-likeness (QED) is 0.247. The molecule has 7 nitrogen and oxygen atoms in total. The van der Waals surface area contributed by atoms with Gasteiger partial charge in [0, 0.05) is 29.5 Å². The van der Waals surface area contributed by atoms with Crippen molar-refractivity contribution in [3.05, 3.63) is 71.7 Å². The minimum Gasteiger partial charge on any atom is -0.493 e. The summed E-state index contributed by atoms with van der Waals surface area (Å²) in [5.41, 5.74) is 9.65. The molecule has 10 heteroatoms. The molecule has 0 saturated heterocycles. The van der Waals surface area contributed by atoms with E-state index in [1.165, 1.54) is 30.5 Å². The number of benzene rings is 2. The summed E-state index contributed by atoms with van der Waals surface area (Å²) in [6.45, 7) is 10.7. The Kier molecular flexibility index (Phi) is 7.75. The van der Waals surface area contributed by atoms with Crippen molar-refractivity contribution in [2.45, 2.75) is 45.9 Å². The number of hydrogen-bond donors (Lipinski definition) is 2. The molecule has 0 atom stereocenters. The number of rotatable bonds is 8. The summed E-state index contributed by atoms with van der Waals surface area (Å²) in [7, 11) is -3.99. The van der Waals surface area contributed by atoms with Crippen molar-refractivity contribution in [3.63, 3.8) is 0 Å². The lowest BCUT2D eigenvalue weighted by Crippen LogP contribution is -2.13. The van der Waals surface area contributed by atoms with Crippen LogP contribution in [0.15, 0.2) is 59.6 Å². The molecule has 0 fully saturated rings. The van der Waals surface area contributed by atoms with E-state index in [1.54, 1.807) is 6.07 Å².